The summed E-state index contributed by atoms with van der Waals surface area (Å²) in [5.41, 5.74) is 9.09. The van der Waals surface area contributed by atoms with Crippen LogP contribution in [0.4, 0.5) is 17.1 Å². The molecule has 0 atom stereocenters. The Morgan fingerprint density at radius 2 is 1.31 bits per heavy atom. The maximum absolute atomic E-state index is 9.35. The van der Waals surface area contributed by atoms with Crippen LogP contribution in [0.5, 0.6) is 0 Å². The number of hydrogen-bond acceptors (Lipinski definition) is 2. The van der Waals surface area contributed by atoms with Crippen LogP contribution < -0.4 is 4.90 Å². The van der Waals surface area contributed by atoms with Gasteiger partial charge >= 0.3 is 0 Å². The Bertz CT molecular complexity index is 3140. The SMILES string of the molecule is [2H]c1c([2H])c([2H])c2c(N(c3ccc(-c4cccc5oc6c7ccccc7ccc6c45)cc3)c3ccc4c(c3)C(C)(C)c3ccccc3-4)c([2H])c([2H])c([2H])c2c1[2H]. The lowest BCUT2D eigenvalue weighted by Crippen LogP contribution is -2.16. The first-order valence-electron chi connectivity index (χ1n) is 19.9. The number of fused-ring (bicyclic) bond motifs is 9. The van der Waals surface area contributed by atoms with Crippen LogP contribution in [-0.4, -0.2) is 0 Å². The molecule has 0 N–H and O–H groups in total. The normalized spacial score (nSPS) is 15.3. The van der Waals surface area contributed by atoms with Gasteiger partial charge in [0.25, 0.3) is 0 Å². The van der Waals surface area contributed by atoms with Gasteiger partial charge in [-0.1, -0.05) is 135 Å². The van der Waals surface area contributed by atoms with Gasteiger partial charge in [-0.15, -0.1) is 0 Å². The summed E-state index contributed by atoms with van der Waals surface area (Å²) in [5.74, 6) is 0. The molecule has 10 rings (SSSR count). The van der Waals surface area contributed by atoms with Crippen molar-refractivity contribution in [2.24, 2.45) is 0 Å². The van der Waals surface area contributed by atoms with E-state index in [2.05, 4.69) is 68.4 Å². The molecular weight excluding hydrogens is 595 g/mol. The molecule has 1 aliphatic rings. The number of benzene rings is 8. The van der Waals surface area contributed by atoms with Crippen LogP contribution in [0.15, 0.2) is 168 Å². The van der Waals surface area contributed by atoms with Crippen LogP contribution in [0, 0.1) is 0 Å². The third-order valence-electron chi connectivity index (χ3n) is 10.2. The van der Waals surface area contributed by atoms with Crippen molar-refractivity contribution >= 4 is 60.5 Å². The van der Waals surface area contributed by atoms with E-state index >= 15 is 0 Å². The van der Waals surface area contributed by atoms with Gasteiger partial charge < -0.3 is 9.32 Å². The van der Waals surface area contributed by atoms with E-state index in [4.69, 9.17) is 12.6 Å². The molecule has 1 heterocycles. The quantitative estimate of drug-likeness (QED) is 0.191. The van der Waals surface area contributed by atoms with E-state index in [9.17, 15) is 1.37 Å². The van der Waals surface area contributed by atoms with E-state index in [1.165, 1.54) is 5.56 Å². The molecule has 232 valence electrons. The summed E-state index contributed by atoms with van der Waals surface area (Å²) >= 11 is 0. The van der Waals surface area contributed by atoms with Crippen LogP contribution in [-0.2, 0) is 5.41 Å². The van der Waals surface area contributed by atoms with Crippen molar-refractivity contribution in [3.8, 4) is 22.3 Å². The first-order chi connectivity index (χ1) is 27.0. The van der Waals surface area contributed by atoms with Gasteiger partial charge in [0, 0.05) is 38.3 Å². The zero-order valence-corrected chi connectivity index (χ0v) is 26.9. The first kappa shape index (κ1) is 21.7. The highest BCUT2D eigenvalue weighted by Crippen LogP contribution is 2.51. The van der Waals surface area contributed by atoms with Gasteiger partial charge in [-0.2, -0.15) is 0 Å². The molecule has 0 unspecified atom stereocenters. The fourth-order valence-electron chi connectivity index (χ4n) is 7.79. The molecule has 1 aromatic heterocycles. The number of rotatable bonds is 4. The molecule has 0 amide bonds. The minimum absolute atomic E-state index is 0.0241. The van der Waals surface area contributed by atoms with Crippen LogP contribution >= 0.6 is 0 Å². The fourth-order valence-corrected chi connectivity index (χ4v) is 7.79. The molecule has 0 aliphatic heterocycles. The van der Waals surface area contributed by atoms with Crippen LogP contribution in [0.3, 0.4) is 0 Å². The maximum atomic E-state index is 9.35. The second kappa shape index (κ2) is 10.4. The molecule has 0 radical (unpaired) electrons. The lowest BCUT2D eigenvalue weighted by Gasteiger charge is -2.29. The van der Waals surface area contributed by atoms with Crippen molar-refractivity contribution in [1.29, 1.82) is 0 Å². The van der Waals surface area contributed by atoms with Gasteiger partial charge in [0.05, 0.1) is 15.3 Å². The second-order valence-corrected chi connectivity index (χ2v) is 13.2. The molecule has 0 bridgehead atoms. The van der Waals surface area contributed by atoms with Crippen LogP contribution in [0.2, 0.25) is 0 Å². The molecule has 0 saturated heterocycles. The minimum atomic E-state index is -0.485. The summed E-state index contributed by atoms with van der Waals surface area (Å²) in [4.78, 5) is 1.81. The van der Waals surface area contributed by atoms with Crippen molar-refractivity contribution in [3.63, 3.8) is 0 Å². The highest BCUT2D eigenvalue weighted by molar-refractivity contribution is 6.19. The molecule has 0 saturated carbocycles. The second-order valence-electron chi connectivity index (χ2n) is 13.2. The number of anilines is 3. The van der Waals surface area contributed by atoms with Gasteiger partial charge in [-0.05, 0) is 86.6 Å². The van der Waals surface area contributed by atoms with Crippen LogP contribution in [0.25, 0.3) is 65.7 Å². The van der Waals surface area contributed by atoms with Gasteiger partial charge in [0.1, 0.15) is 11.2 Å². The Labute approximate surface area is 295 Å². The topological polar surface area (TPSA) is 16.4 Å². The summed E-state index contributed by atoms with van der Waals surface area (Å²) in [7, 11) is 0. The highest BCUT2D eigenvalue weighted by atomic mass is 16.3. The van der Waals surface area contributed by atoms with E-state index in [0.717, 1.165) is 60.5 Å². The molecule has 2 heteroatoms. The molecule has 8 aromatic carbocycles. The average molecular weight is 635 g/mol. The van der Waals surface area contributed by atoms with Gasteiger partial charge in [-0.25, -0.2) is 0 Å². The Morgan fingerprint density at radius 1 is 0.551 bits per heavy atom. The van der Waals surface area contributed by atoms with Crippen molar-refractivity contribution in [2.45, 2.75) is 19.3 Å². The zero-order chi connectivity index (χ0) is 38.8. The largest absolute Gasteiger partial charge is 0.455 e. The molecule has 1 aliphatic carbocycles. The molecule has 9 aromatic rings. The van der Waals surface area contributed by atoms with E-state index < -0.39 is 30.2 Å². The van der Waals surface area contributed by atoms with E-state index in [1.54, 1.807) is 0 Å². The van der Waals surface area contributed by atoms with Crippen molar-refractivity contribution < 1.29 is 14.0 Å². The van der Waals surface area contributed by atoms with Crippen molar-refractivity contribution in [1.82, 2.24) is 0 Å². The number of nitrogens with zero attached hydrogens (tertiary/aromatic N) is 1. The first-order valence-corrected chi connectivity index (χ1v) is 16.4. The Hall–Kier alpha value is -6.12. The Morgan fingerprint density at radius 3 is 2.22 bits per heavy atom. The van der Waals surface area contributed by atoms with Gasteiger partial charge in [-0.3, -0.25) is 0 Å². The van der Waals surface area contributed by atoms with Crippen molar-refractivity contribution in [3.05, 3.63) is 175 Å². The predicted octanol–water partition coefficient (Wildman–Crippen LogP) is 13.3. The van der Waals surface area contributed by atoms with Crippen molar-refractivity contribution in [2.75, 3.05) is 4.90 Å². The standard InChI is InChI=1S/C47H33NO/c1-47(2)41-18-8-7-16-38(41)39-28-26-34(29-42(39)47)48(43-19-9-13-30-11-3-5-14-35(30)43)33-24-21-32(22-25-33)36-17-10-20-44-45(36)40-27-23-31-12-4-6-15-37(31)46(40)49-44/h3-29H,1-2H3/i3D,5D,9D,11D,13D,14D,19D. The average Bonchev–Trinajstić information content (AvgIpc) is 3.72. The fraction of sp³-hybridized carbons (Fsp3) is 0.0638. The monoisotopic (exact) mass is 634 g/mol. The summed E-state index contributed by atoms with van der Waals surface area (Å²) in [6, 6.07) is 37.9. The van der Waals surface area contributed by atoms with E-state index in [1.807, 2.05) is 71.6 Å². The molecule has 0 fully saturated rings. The number of hydrogen-bond donors (Lipinski definition) is 0. The minimum Gasteiger partial charge on any atom is -0.455 e. The van der Waals surface area contributed by atoms with Gasteiger partial charge in [0.15, 0.2) is 0 Å². The third-order valence-corrected chi connectivity index (χ3v) is 10.2. The van der Waals surface area contributed by atoms with E-state index in [-0.39, 0.29) is 34.0 Å². The Kier molecular flexibility index (Phi) is 4.62. The summed E-state index contributed by atoms with van der Waals surface area (Å²) < 4.78 is 68.5. The zero-order valence-electron chi connectivity index (χ0n) is 33.9. The van der Waals surface area contributed by atoms with Gasteiger partial charge in [0.2, 0.25) is 0 Å². The Balaban J connectivity index is 1.22. The lowest BCUT2D eigenvalue weighted by molar-refractivity contribution is 0.660. The maximum Gasteiger partial charge on any atom is 0.143 e. The third kappa shape index (κ3) is 4.14. The summed E-state index contributed by atoms with van der Waals surface area (Å²) in [6.07, 6.45) is 0. The van der Waals surface area contributed by atoms with E-state index in [0.29, 0.717) is 11.4 Å². The molecule has 0 spiro atoms. The number of furan rings is 1. The molecule has 2 nitrogen and oxygen atoms in total. The molecular formula is C47H33NO. The van der Waals surface area contributed by atoms with Crippen LogP contribution in [0.1, 0.15) is 34.6 Å². The smallest absolute Gasteiger partial charge is 0.143 e. The summed E-state index contributed by atoms with van der Waals surface area (Å²) in [6.45, 7) is 4.37. The summed E-state index contributed by atoms with van der Waals surface area (Å²) in [5, 5.41) is 4.09. The predicted molar refractivity (Wildman–Crippen MR) is 206 cm³/mol. The molecule has 49 heavy (non-hydrogen) atoms. The lowest BCUT2D eigenvalue weighted by atomic mass is 9.82. The highest BCUT2D eigenvalue weighted by Gasteiger charge is 2.35.